The van der Waals surface area contributed by atoms with Crippen LogP contribution >= 0.6 is 0 Å². The van der Waals surface area contributed by atoms with Crippen LogP contribution in [0.15, 0.2) is 101 Å². The lowest BCUT2D eigenvalue weighted by Gasteiger charge is -2.11. The molecule has 0 aliphatic rings. The Hall–Kier alpha value is -5.60. The number of amides is 1. The van der Waals surface area contributed by atoms with Gasteiger partial charge in [-0.05, 0) is 84.8 Å². The first kappa shape index (κ1) is 28.5. The van der Waals surface area contributed by atoms with Crippen LogP contribution in [0.3, 0.4) is 0 Å². The number of carbonyl (C=O) groups excluding carboxylic acids is 1. The SMILES string of the molecule is Cc1nc2cc(CS(=O)(=O)c3ccc(C(=O)NCc4ccn5ccnc5c4)cc3C#Cc3ccc(F)cc3)ccc2c(=O)[nH]1. The van der Waals surface area contributed by atoms with Crippen molar-refractivity contribution in [1.82, 2.24) is 24.7 Å². The van der Waals surface area contributed by atoms with Crippen molar-refractivity contribution < 1.29 is 17.6 Å². The fraction of sp³-hybridized carbons (Fsp3) is 0.0909. The van der Waals surface area contributed by atoms with Gasteiger partial charge < -0.3 is 14.7 Å². The topological polar surface area (TPSA) is 126 Å². The van der Waals surface area contributed by atoms with E-state index in [2.05, 4.69) is 32.1 Å². The maximum atomic E-state index is 13.7. The molecule has 218 valence electrons. The van der Waals surface area contributed by atoms with Crippen molar-refractivity contribution in [1.29, 1.82) is 0 Å². The fourth-order valence-electron chi connectivity index (χ4n) is 4.75. The predicted molar refractivity (Wildman–Crippen MR) is 163 cm³/mol. The number of rotatable bonds is 6. The molecule has 3 aromatic carbocycles. The van der Waals surface area contributed by atoms with Crippen molar-refractivity contribution in [2.75, 3.05) is 0 Å². The van der Waals surface area contributed by atoms with E-state index in [1.54, 1.807) is 31.3 Å². The number of benzene rings is 3. The minimum atomic E-state index is -3.97. The van der Waals surface area contributed by atoms with Crippen LogP contribution in [0.25, 0.3) is 16.6 Å². The molecule has 2 N–H and O–H groups in total. The molecule has 44 heavy (non-hydrogen) atoms. The van der Waals surface area contributed by atoms with Gasteiger partial charge in [-0.25, -0.2) is 22.8 Å². The quantitative estimate of drug-likeness (QED) is 0.273. The molecule has 0 radical (unpaired) electrons. The minimum absolute atomic E-state index is 0.0661. The van der Waals surface area contributed by atoms with Gasteiger partial charge in [0.05, 0.1) is 21.6 Å². The zero-order chi connectivity index (χ0) is 30.8. The van der Waals surface area contributed by atoms with E-state index in [9.17, 15) is 22.4 Å². The molecule has 3 heterocycles. The van der Waals surface area contributed by atoms with E-state index in [0.29, 0.717) is 27.9 Å². The number of fused-ring (bicyclic) bond motifs is 2. The molecule has 1 amide bonds. The number of hydrogen-bond donors (Lipinski definition) is 2. The van der Waals surface area contributed by atoms with Crippen molar-refractivity contribution in [2.45, 2.75) is 24.1 Å². The molecule has 3 aromatic heterocycles. The lowest BCUT2D eigenvalue weighted by molar-refractivity contribution is 0.0950. The van der Waals surface area contributed by atoms with Crippen LogP contribution < -0.4 is 10.9 Å². The number of aromatic nitrogens is 4. The number of hydrogen-bond acceptors (Lipinski definition) is 6. The summed E-state index contributed by atoms with van der Waals surface area (Å²) < 4.78 is 42.7. The number of sulfone groups is 1. The molecule has 0 spiro atoms. The molecule has 9 nitrogen and oxygen atoms in total. The lowest BCUT2D eigenvalue weighted by Crippen LogP contribution is -2.23. The Morgan fingerprint density at radius 3 is 2.61 bits per heavy atom. The number of nitrogens with zero attached hydrogens (tertiary/aromatic N) is 3. The number of aryl methyl sites for hydroxylation is 1. The first-order chi connectivity index (χ1) is 21.1. The van der Waals surface area contributed by atoms with Gasteiger partial charge in [-0.1, -0.05) is 17.9 Å². The minimum Gasteiger partial charge on any atom is -0.348 e. The van der Waals surface area contributed by atoms with Crippen molar-refractivity contribution in [3.8, 4) is 11.8 Å². The van der Waals surface area contributed by atoms with Crippen molar-refractivity contribution in [2.24, 2.45) is 0 Å². The third-order valence-corrected chi connectivity index (χ3v) is 8.66. The predicted octanol–water partition coefficient (Wildman–Crippen LogP) is 4.32. The molecule has 0 bridgehead atoms. The van der Waals surface area contributed by atoms with E-state index in [-0.39, 0.29) is 33.9 Å². The van der Waals surface area contributed by atoms with Crippen molar-refractivity contribution in [3.05, 3.63) is 141 Å². The first-order valence-electron chi connectivity index (χ1n) is 13.5. The van der Waals surface area contributed by atoms with Gasteiger partial charge in [0.1, 0.15) is 17.3 Å². The zero-order valence-corrected chi connectivity index (χ0v) is 24.2. The summed E-state index contributed by atoms with van der Waals surface area (Å²) in [6.45, 7) is 1.88. The monoisotopic (exact) mass is 605 g/mol. The average Bonchev–Trinajstić information content (AvgIpc) is 3.47. The second-order valence-corrected chi connectivity index (χ2v) is 12.1. The largest absolute Gasteiger partial charge is 0.348 e. The molecule has 0 unspecified atom stereocenters. The maximum absolute atomic E-state index is 13.7. The standard InChI is InChI=1S/C33H24FN5O4S/c1-21-37-29-16-24(5-10-28(29)33(41)38-21)20-44(42,43)30-11-7-26(18-25(30)6-2-22-3-8-27(34)9-4-22)32(40)36-19-23-12-14-39-15-13-35-31(39)17-23/h3-5,7-18H,19-20H2,1H3,(H,36,40)(H,37,38,41). The smallest absolute Gasteiger partial charge is 0.258 e. The molecule has 0 atom stereocenters. The van der Waals surface area contributed by atoms with Crippen LogP contribution in [0.5, 0.6) is 0 Å². The number of aromatic amines is 1. The molecule has 6 aromatic rings. The summed E-state index contributed by atoms with van der Waals surface area (Å²) in [6, 6.07) is 18.1. The third kappa shape index (κ3) is 6.11. The Morgan fingerprint density at radius 2 is 1.80 bits per heavy atom. The van der Waals surface area contributed by atoms with Gasteiger partial charge in [0.15, 0.2) is 9.84 Å². The molecule has 6 rings (SSSR count). The van der Waals surface area contributed by atoms with Crippen LogP contribution in [0.1, 0.15) is 38.4 Å². The second kappa shape index (κ2) is 11.6. The molecule has 0 saturated heterocycles. The van der Waals surface area contributed by atoms with E-state index in [1.807, 2.05) is 28.9 Å². The van der Waals surface area contributed by atoms with Crippen LogP contribution in [-0.4, -0.2) is 33.7 Å². The number of carbonyl (C=O) groups is 1. The average molecular weight is 606 g/mol. The zero-order valence-electron chi connectivity index (χ0n) is 23.3. The molecule has 11 heteroatoms. The molecular formula is C33H24FN5O4S. The van der Waals surface area contributed by atoms with E-state index < -0.39 is 21.6 Å². The molecule has 0 saturated carbocycles. The van der Waals surface area contributed by atoms with Gasteiger partial charge in [0.25, 0.3) is 11.5 Å². The Kier molecular flexibility index (Phi) is 7.51. The Labute approximate surface area is 251 Å². The summed E-state index contributed by atoms with van der Waals surface area (Å²) >= 11 is 0. The fourth-order valence-corrected chi connectivity index (χ4v) is 6.24. The first-order valence-corrected chi connectivity index (χ1v) is 15.1. The summed E-state index contributed by atoms with van der Waals surface area (Å²) in [5, 5.41) is 3.20. The highest BCUT2D eigenvalue weighted by Crippen LogP contribution is 2.23. The Balaban J connectivity index is 1.32. The van der Waals surface area contributed by atoms with Crippen LogP contribution in [0, 0.1) is 24.6 Å². The summed E-state index contributed by atoms with van der Waals surface area (Å²) in [5.41, 5.74) is 2.91. The van der Waals surface area contributed by atoms with E-state index in [0.717, 1.165) is 11.2 Å². The normalized spacial score (nSPS) is 11.3. The van der Waals surface area contributed by atoms with Crippen LogP contribution in [0.2, 0.25) is 0 Å². The van der Waals surface area contributed by atoms with Gasteiger partial charge in [-0.15, -0.1) is 0 Å². The van der Waals surface area contributed by atoms with Crippen LogP contribution in [0.4, 0.5) is 4.39 Å². The highest BCUT2D eigenvalue weighted by Gasteiger charge is 2.21. The summed E-state index contributed by atoms with van der Waals surface area (Å²) in [4.78, 5) is 36.5. The summed E-state index contributed by atoms with van der Waals surface area (Å²) in [5.74, 6) is 4.93. The highest BCUT2D eigenvalue weighted by molar-refractivity contribution is 7.90. The molecule has 0 aliphatic carbocycles. The molecular weight excluding hydrogens is 581 g/mol. The second-order valence-electron chi connectivity index (χ2n) is 10.1. The lowest BCUT2D eigenvalue weighted by atomic mass is 10.1. The third-order valence-electron chi connectivity index (χ3n) is 6.92. The molecule has 0 aliphatic heterocycles. The van der Waals surface area contributed by atoms with Gasteiger partial charge in [0.2, 0.25) is 0 Å². The van der Waals surface area contributed by atoms with Gasteiger partial charge in [0, 0.05) is 41.8 Å². The molecule has 0 fully saturated rings. The van der Waals surface area contributed by atoms with Gasteiger partial charge in [-0.2, -0.15) is 0 Å². The Bertz CT molecular complexity index is 2300. The van der Waals surface area contributed by atoms with Gasteiger partial charge in [-0.3, -0.25) is 9.59 Å². The van der Waals surface area contributed by atoms with E-state index in [1.165, 1.54) is 42.5 Å². The van der Waals surface area contributed by atoms with E-state index >= 15 is 0 Å². The van der Waals surface area contributed by atoms with Crippen LogP contribution in [-0.2, 0) is 22.1 Å². The number of H-pyrrole nitrogens is 1. The van der Waals surface area contributed by atoms with Crippen molar-refractivity contribution >= 4 is 32.3 Å². The van der Waals surface area contributed by atoms with Gasteiger partial charge >= 0.3 is 0 Å². The summed E-state index contributed by atoms with van der Waals surface area (Å²) in [7, 11) is -3.97. The van der Waals surface area contributed by atoms with Crippen molar-refractivity contribution in [3.63, 3.8) is 0 Å². The number of nitrogens with one attached hydrogen (secondary N) is 2. The number of pyridine rings is 1. The summed E-state index contributed by atoms with van der Waals surface area (Å²) in [6.07, 6.45) is 5.35. The highest BCUT2D eigenvalue weighted by atomic mass is 32.2. The number of halogens is 1. The Morgan fingerprint density at radius 1 is 0.977 bits per heavy atom. The number of imidazole rings is 1. The maximum Gasteiger partial charge on any atom is 0.258 e. The van der Waals surface area contributed by atoms with E-state index in [4.69, 9.17) is 0 Å².